The molecule has 1 aromatic heterocycles. The number of pyridine rings is 1. The number of aromatic nitrogens is 1. The van der Waals surface area contributed by atoms with E-state index in [1.54, 1.807) is 24.5 Å². The lowest BCUT2D eigenvalue weighted by Crippen LogP contribution is -2.41. The Morgan fingerprint density at radius 1 is 1.25 bits per heavy atom. The van der Waals surface area contributed by atoms with Crippen molar-refractivity contribution in [1.29, 1.82) is 0 Å². The van der Waals surface area contributed by atoms with Crippen molar-refractivity contribution >= 4 is 29.6 Å². The Bertz CT molecular complexity index is 480. The molecule has 8 heteroatoms. The van der Waals surface area contributed by atoms with Gasteiger partial charge in [-0.15, -0.1) is 11.8 Å². The summed E-state index contributed by atoms with van der Waals surface area (Å²) < 4.78 is 0. The summed E-state index contributed by atoms with van der Waals surface area (Å²) in [5.74, 6) is -2.74. The molecule has 0 fully saturated rings. The van der Waals surface area contributed by atoms with Crippen LogP contribution in [0.5, 0.6) is 0 Å². The minimum absolute atomic E-state index is 0.0564. The molecule has 108 valence electrons. The van der Waals surface area contributed by atoms with Crippen molar-refractivity contribution in [3.05, 3.63) is 24.5 Å². The maximum Gasteiger partial charge on any atom is 0.326 e. The first-order valence-electron chi connectivity index (χ1n) is 5.76. The minimum Gasteiger partial charge on any atom is -0.481 e. The molecule has 1 rings (SSSR count). The van der Waals surface area contributed by atoms with Crippen molar-refractivity contribution in [2.75, 3.05) is 5.75 Å². The van der Waals surface area contributed by atoms with E-state index < -0.39 is 23.9 Å². The monoisotopic (exact) mass is 298 g/mol. The SMILES string of the molecule is O=C(O)CCC(NC(=O)CSc1ccncc1)C(=O)O. The Morgan fingerprint density at radius 3 is 2.45 bits per heavy atom. The van der Waals surface area contributed by atoms with Crippen LogP contribution >= 0.6 is 11.8 Å². The number of amides is 1. The smallest absolute Gasteiger partial charge is 0.326 e. The Morgan fingerprint density at radius 2 is 1.90 bits per heavy atom. The minimum atomic E-state index is -1.24. The van der Waals surface area contributed by atoms with Crippen molar-refractivity contribution in [2.45, 2.75) is 23.8 Å². The Balaban J connectivity index is 2.41. The third-order valence-electron chi connectivity index (χ3n) is 2.30. The van der Waals surface area contributed by atoms with Crippen LogP contribution in [0.25, 0.3) is 0 Å². The van der Waals surface area contributed by atoms with Crippen LogP contribution in [0.3, 0.4) is 0 Å². The lowest BCUT2D eigenvalue weighted by atomic mass is 10.1. The van der Waals surface area contributed by atoms with Crippen LogP contribution in [0.4, 0.5) is 0 Å². The molecule has 3 N–H and O–H groups in total. The molecule has 0 aliphatic rings. The van der Waals surface area contributed by atoms with Crippen LogP contribution in [0.15, 0.2) is 29.4 Å². The van der Waals surface area contributed by atoms with E-state index in [1.165, 1.54) is 11.8 Å². The molecule has 0 radical (unpaired) electrons. The molecule has 0 saturated carbocycles. The highest BCUT2D eigenvalue weighted by Crippen LogP contribution is 2.15. The first kappa shape index (κ1) is 16.0. The van der Waals surface area contributed by atoms with E-state index >= 15 is 0 Å². The number of nitrogens with one attached hydrogen (secondary N) is 1. The summed E-state index contributed by atoms with van der Waals surface area (Å²) in [4.78, 5) is 37.6. The van der Waals surface area contributed by atoms with Gasteiger partial charge in [-0.05, 0) is 18.6 Å². The molecule has 0 saturated heterocycles. The zero-order chi connectivity index (χ0) is 15.0. The van der Waals surface area contributed by atoms with Gasteiger partial charge in [-0.2, -0.15) is 0 Å². The van der Waals surface area contributed by atoms with Gasteiger partial charge in [-0.3, -0.25) is 14.6 Å². The van der Waals surface area contributed by atoms with Gasteiger partial charge in [0.25, 0.3) is 0 Å². The second kappa shape index (κ2) is 8.16. The van der Waals surface area contributed by atoms with Crippen LogP contribution in [-0.2, 0) is 14.4 Å². The van der Waals surface area contributed by atoms with Crippen molar-refractivity contribution in [3.8, 4) is 0 Å². The second-order valence-corrected chi connectivity index (χ2v) is 4.91. The van der Waals surface area contributed by atoms with Crippen molar-refractivity contribution in [2.24, 2.45) is 0 Å². The molecule has 1 aromatic rings. The number of thioether (sulfide) groups is 1. The van der Waals surface area contributed by atoms with Crippen molar-refractivity contribution in [3.63, 3.8) is 0 Å². The fraction of sp³-hybridized carbons (Fsp3) is 0.333. The van der Waals surface area contributed by atoms with E-state index in [9.17, 15) is 14.4 Å². The van der Waals surface area contributed by atoms with Crippen LogP contribution < -0.4 is 5.32 Å². The zero-order valence-corrected chi connectivity index (χ0v) is 11.3. The largest absolute Gasteiger partial charge is 0.481 e. The van der Waals surface area contributed by atoms with Gasteiger partial charge in [0.15, 0.2) is 0 Å². The molecule has 0 spiro atoms. The predicted molar refractivity (Wildman–Crippen MR) is 71.4 cm³/mol. The average Bonchev–Trinajstić information content (AvgIpc) is 2.41. The lowest BCUT2D eigenvalue weighted by Gasteiger charge is -2.13. The molecule has 1 atom stereocenters. The molecule has 20 heavy (non-hydrogen) atoms. The highest BCUT2D eigenvalue weighted by Gasteiger charge is 2.20. The third-order valence-corrected chi connectivity index (χ3v) is 3.31. The molecular formula is C12H14N2O5S. The molecule has 0 aliphatic carbocycles. The second-order valence-electron chi connectivity index (χ2n) is 3.86. The van der Waals surface area contributed by atoms with Gasteiger partial charge < -0.3 is 15.5 Å². The van der Waals surface area contributed by atoms with E-state index in [-0.39, 0.29) is 18.6 Å². The molecule has 1 amide bonds. The van der Waals surface area contributed by atoms with Crippen LogP contribution in [0, 0.1) is 0 Å². The van der Waals surface area contributed by atoms with Crippen molar-refractivity contribution < 1.29 is 24.6 Å². The predicted octanol–water partition coefficient (Wildman–Crippen LogP) is 0.608. The summed E-state index contributed by atoms with van der Waals surface area (Å²) in [7, 11) is 0. The van der Waals surface area contributed by atoms with Crippen LogP contribution in [0.1, 0.15) is 12.8 Å². The molecular weight excluding hydrogens is 284 g/mol. The van der Waals surface area contributed by atoms with E-state index in [4.69, 9.17) is 10.2 Å². The van der Waals surface area contributed by atoms with E-state index in [0.717, 1.165) is 4.90 Å². The average molecular weight is 298 g/mol. The molecule has 0 aliphatic heterocycles. The number of carboxylic acid groups (broad SMARTS) is 2. The lowest BCUT2D eigenvalue weighted by molar-refractivity contribution is -0.142. The van der Waals surface area contributed by atoms with Gasteiger partial charge >= 0.3 is 11.9 Å². The molecule has 7 nitrogen and oxygen atoms in total. The highest BCUT2D eigenvalue weighted by atomic mass is 32.2. The van der Waals surface area contributed by atoms with E-state index in [0.29, 0.717) is 0 Å². The van der Waals surface area contributed by atoms with Crippen LogP contribution in [0.2, 0.25) is 0 Å². The van der Waals surface area contributed by atoms with Gasteiger partial charge in [0, 0.05) is 23.7 Å². The molecule has 0 bridgehead atoms. The van der Waals surface area contributed by atoms with E-state index in [2.05, 4.69) is 10.3 Å². The van der Waals surface area contributed by atoms with Crippen LogP contribution in [-0.4, -0.2) is 44.8 Å². The van der Waals surface area contributed by atoms with Gasteiger partial charge in [0.2, 0.25) is 5.91 Å². The summed E-state index contributed by atoms with van der Waals surface area (Å²) in [6.45, 7) is 0. The quantitative estimate of drug-likeness (QED) is 0.602. The number of carboxylic acids is 2. The Labute approximate surface area is 119 Å². The topological polar surface area (TPSA) is 117 Å². The standard InChI is InChI=1S/C12H14N2O5S/c15-10(7-20-8-3-5-13-6-4-8)14-9(12(18)19)1-2-11(16)17/h3-6,9H,1-2,7H2,(H,14,15)(H,16,17)(H,18,19). The Kier molecular flexibility index (Phi) is 6.51. The fourth-order valence-electron chi connectivity index (χ4n) is 1.34. The number of aliphatic carboxylic acids is 2. The molecule has 0 aromatic carbocycles. The first-order chi connectivity index (χ1) is 9.49. The zero-order valence-electron chi connectivity index (χ0n) is 10.5. The van der Waals surface area contributed by atoms with E-state index in [1.807, 2.05) is 0 Å². The van der Waals surface area contributed by atoms with Gasteiger partial charge in [-0.1, -0.05) is 0 Å². The van der Waals surface area contributed by atoms with Crippen molar-refractivity contribution in [1.82, 2.24) is 10.3 Å². The number of carbonyl (C=O) groups excluding carboxylic acids is 1. The number of rotatable bonds is 8. The summed E-state index contributed by atoms with van der Waals surface area (Å²) in [6.07, 6.45) is 2.73. The molecule has 1 heterocycles. The fourth-order valence-corrected chi connectivity index (χ4v) is 2.04. The number of nitrogens with zero attached hydrogens (tertiary/aromatic N) is 1. The van der Waals surface area contributed by atoms with Gasteiger partial charge in [0.1, 0.15) is 6.04 Å². The Hall–Kier alpha value is -2.09. The first-order valence-corrected chi connectivity index (χ1v) is 6.74. The third kappa shape index (κ3) is 6.19. The number of hydrogen-bond donors (Lipinski definition) is 3. The normalized spacial score (nSPS) is 11.6. The maximum absolute atomic E-state index is 11.6. The van der Waals surface area contributed by atoms with Gasteiger partial charge in [-0.25, -0.2) is 4.79 Å². The maximum atomic E-state index is 11.6. The number of carbonyl (C=O) groups is 3. The number of hydrogen-bond acceptors (Lipinski definition) is 5. The summed E-state index contributed by atoms with van der Waals surface area (Å²) in [5, 5.41) is 19.7. The van der Waals surface area contributed by atoms with Gasteiger partial charge in [0.05, 0.1) is 5.75 Å². The summed E-state index contributed by atoms with van der Waals surface area (Å²) in [5.41, 5.74) is 0. The molecule has 1 unspecified atom stereocenters. The summed E-state index contributed by atoms with van der Waals surface area (Å²) in [6, 6.07) is 2.28. The highest BCUT2D eigenvalue weighted by molar-refractivity contribution is 8.00. The summed E-state index contributed by atoms with van der Waals surface area (Å²) >= 11 is 1.25.